The molecule has 0 atom stereocenters. The minimum atomic E-state index is -0.663. The van der Waals surface area contributed by atoms with E-state index < -0.39 is 11.9 Å². The maximum atomic E-state index is 12.3. The molecule has 3 aromatic rings. The van der Waals surface area contributed by atoms with E-state index in [1.165, 1.54) is 4.68 Å². The Balaban J connectivity index is 1.95. The number of aromatic nitrogens is 5. The highest BCUT2D eigenvalue weighted by Gasteiger charge is 2.25. The summed E-state index contributed by atoms with van der Waals surface area (Å²) in [6.07, 6.45) is 0. The molecule has 0 bridgehead atoms. The van der Waals surface area contributed by atoms with Gasteiger partial charge in [0.15, 0.2) is 5.69 Å². The first-order valence-electron chi connectivity index (χ1n) is 8.76. The molecule has 12 nitrogen and oxygen atoms in total. The predicted octanol–water partition coefficient (Wildman–Crippen LogP) is 1.20. The first-order valence-corrected chi connectivity index (χ1v) is 8.76. The summed E-state index contributed by atoms with van der Waals surface area (Å²) >= 11 is 0. The van der Waals surface area contributed by atoms with Crippen LogP contribution in [0.3, 0.4) is 0 Å². The quantitative estimate of drug-likeness (QED) is 0.522. The fourth-order valence-electron chi connectivity index (χ4n) is 2.53. The van der Waals surface area contributed by atoms with Gasteiger partial charge < -0.3 is 20.5 Å². The number of nitrogens with one attached hydrogen (secondary N) is 1. The van der Waals surface area contributed by atoms with Crippen LogP contribution < -0.4 is 11.1 Å². The highest BCUT2D eigenvalue weighted by molar-refractivity contribution is 5.95. The molecule has 0 saturated carbocycles. The molecule has 3 rings (SSSR count). The van der Waals surface area contributed by atoms with E-state index in [1.54, 1.807) is 38.1 Å². The van der Waals surface area contributed by atoms with Crippen molar-refractivity contribution in [2.45, 2.75) is 20.4 Å². The molecule has 0 saturated heterocycles. The van der Waals surface area contributed by atoms with E-state index in [4.69, 9.17) is 15.2 Å². The molecule has 0 aliphatic heterocycles. The van der Waals surface area contributed by atoms with Crippen LogP contribution in [-0.2, 0) is 16.0 Å². The minimum Gasteiger partial charge on any atom is -0.462 e. The molecular formula is C17H19N7O5. The average Bonchev–Trinajstić information content (AvgIpc) is 3.32. The average molecular weight is 401 g/mol. The summed E-state index contributed by atoms with van der Waals surface area (Å²) in [6.45, 7) is 3.85. The number of esters is 2. The van der Waals surface area contributed by atoms with Crippen LogP contribution in [0, 0.1) is 0 Å². The number of nitrogens with zero attached hydrogens (tertiary/aromatic N) is 5. The number of nitrogens with two attached hydrogens (primary N) is 1. The Morgan fingerprint density at radius 3 is 2.55 bits per heavy atom. The normalized spacial score (nSPS) is 10.6. The zero-order valence-corrected chi connectivity index (χ0v) is 15.8. The molecule has 0 aliphatic carbocycles. The topological polar surface area (TPSA) is 160 Å². The predicted molar refractivity (Wildman–Crippen MR) is 99.3 cm³/mol. The van der Waals surface area contributed by atoms with E-state index in [0.29, 0.717) is 16.9 Å². The smallest absolute Gasteiger partial charge is 0.360 e. The Kier molecular flexibility index (Phi) is 6.02. The SMILES string of the molecule is CCOC(=O)c1ccccc1NCc1c(C(=O)OCC)nnn1-c1nonc1N. The number of para-hydroxylation sites is 1. The Morgan fingerprint density at radius 2 is 1.86 bits per heavy atom. The summed E-state index contributed by atoms with van der Waals surface area (Å²) in [5, 5.41) is 18.1. The molecule has 0 radical (unpaired) electrons. The fourth-order valence-corrected chi connectivity index (χ4v) is 2.53. The van der Waals surface area contributed by atoms with Crippen molar-refractivity contribution in [1.29, 1.82) is 0 Å². The number of ether oxygens (including phenoxy) is 2. The third-order valence-electron chi connectivity index (χ3n) is 3.80. The van der Waals surface area contributed by atoms with Crippen molar-refractivity contribution in [3.63, 3.8) is 0 Å². The van der Waals surface area contributed by atoms with E-state index >= 15 is 0 Å². The summed E-state index contributed by atoms with van der Waals surface area (Å²) in [5.74, 6) is -1.09. The monoisotopic (exact) mass is 401 g/mol. The molecule has 12 heteroatoms. The number of rotatable bonds is 8. The van der Waals surface area contributed by atoms with Gasteiger partial charge in [-0.25, -0.2) is 14.2 Å². The lowest BCUT2D eigenvalue weighted by molar-refractivity contribution is 0.0511. The standard InChI is InChI=1S/C17H19N7O5/c1-3-27-16(25)10-7-5-6-8-11(10)19-9-12-13(17(26)28-4-2)20-23-24(12)15-14(18)21-29-22-15/h5-8,19H,3-4,9H2,1-2H3,(H2,18,21). The van der Waals surface area contributed by atoms with Crippen LogP contribution in [0.4, 0.5) is 11.5 Å². The lowest BCUT2D eigenvalue weighted by Crippen LogP contribution is -2.16. The van der Waals surface area contributed by atoms with Crippen LogP contribution in [0.15, 0.2) is 28.9 Å². The lowest BCUT2D eigenvalue weighted by atomic mass is 10.1. The van der Waals surface area contributed by atoms with E-state index in [-0.39, 0.29) is 37.1 Å². The van der Waals surface area contributed by atoms with Gasteiger partial charge in [0.25, 0.3) is 0 Å². The van der Waals surface area contributed by atoms with E-state index in [1.807, 2.05) is 0 Å². The van der Waals surface area contributed by atoms with Gasteiger partial charge in [-0.2, -0.15) is 4.68 Å². The zero-order valence-electron chi connectivity index (χ0n) is 15.8. The molecular weight excluding hydrogens is 382 g/mol. The summed E-state index contributed by atoms with van der Waals surface area (Å²) in [4.78, 5) is 24.4. The Hall–Kier alpha value is -3.96. The van der Waals surface area contributed by atoms with Gasteiger partial charge >= 0.3 is 11.9 Å². The fraction of sp³-hybridized carbons (Fsp3) is 0.294. The maximum absolute atomic E-state index is 12.3. The van der Waals surface area contributed by atoms with Gasteiger partial charge in [-0.3, -0.25) is 0 Å². The number of carbonyl (C=O) groups excluding carboxylic acids is 2. The van der Waals surface area contributed by atoms with Crippen LogP contribution in [-0.4, -0.2) is 50.5 Å². The zero-order chi connectivity index (χ0) is 20.8. The maximum Gasteiger partial charge on any atom is 0.360 e. The Morgan fingerprint density at radius 1 is 1.14 bits per heavy atom. The molecule has 2 heterocycles. The van der Waals surface area contributed by atoms with Crippen molar-refractivity contribution in [3.8, 4) is 5.82 Å². The first-order chi connectivity index (χ1) is 14.1. The first kappa shape index (κ1) is 19.8. The van der Waals surface area contributed by atoms with Gasteiger partial charge in [0.05, 0.1) is 25.3 Å². The summed E-state index contributed by atoms with van der Waals surface area (Å²) in [5.41, 5.74) is 6.84. The number of benzene rings is 1. The number of hydrogen-bond acceptors (Lipinski definition) is 11. The van der Waals surface area contributed by atoms with Gasteiger partial charge in [-0.1, -0.05) is 17.3 Å². The van der Waals surface area contributed by atoms with Crippen LogP contribution in [0.1, 0.15) is 40.4 Å². The highest BCUT2D eigenvalue weighted by Crippen LogP contribution is 2.21. The molecule has 0 aliphatic rings. The third-order valence-corrected chi connectivity index (χ3v) is 3.80. The van der Waals surface area contributed by atoms with Gasteiger partial charge in [0, 0.05) is 5.69 Å². The Labute approximate surface area is 164 Å². The highest BCUT2D eigenvalue weighted by atomic mass is 16.6. The largest absolute Gasteiger partial charge is 0.462 e. The number of anilines is 2. The van der Waals surface area contributed by atoms with Gasteiger partial charge in [-0.05, 0) is 36.3 Å². The van der Waals surface area contributed by atoms with Crippen molar-refractivity contribution < 1.29 is 23.7 Å². The third kappa shape index (κ3) is 4.15. The molecule has 0 amide bonds. The molecule has 0 spiro atoms. The van der Waals surface area contributed by atoms with Gasteiger partial charge in [0.2, 0.25) is 11.6 Å². The summed E-state index contributed by atoms with van der Waals surface area (Å²) in [6, 6.07) is 6.81. The van der Waals surface area contributed by atoms with Crippen LogP contribution in [0.5, 0.6) is 0 Å². The van der Waals surface area contributed by atoms with Gasteiger partial charge in [0.1, 0.15) is 5.69 Å². The van der Waals surface area contributed by atoms with Crippen molar-refractivity contribution in [2.24, 2.45) is 0 Å². The molecule has 0 unspecified atom stereocenters. The van der Waals surface area contributed by atoms with E-state index in [2.05, 4.69) is 30.6 Å². The number of hydrogen-bond donors (Lipinski definition) is 2. The Bertz CT molecular complexity index is 1010. The molecule has 3 N–H and O–H groups in total. The van der Waals surface area contributed by atoms with Gasteiger partial charge in [-0.15, -0.1) is 5.10 Å². The molecule has 1 aromatic carbocycles. The number of nitrogen functional groups attached to an aromatic ring is 1. The minimum absolute atomic E-state index is 0.0292. The number of carbonyl (C=O) groups is 2. The van der Waals surface area contributed by atoms with E-state index in [9.17, 15) is 9.59 Å². The second-order valence-corrected chi connectivity index (χ2v) is 5.61. The van der Waals surface area contributed by atoms with Crippen molar-refractivity contribution >= 4 is 23.4 Å². The second-order valence-electron chi connectivity index (χ2n) is 5.61. The van der Waals surface area contributed by atoms with Crippen LogP contribution in [0.2, 0.25) is 0 Å². The molecule has 152 valence electrons. The second kappa shape index (κ2) is 8.82. The van der Waals surface area contributed by atoms with Crippen molar-refractivity contribution in [3.05, 3.63) is 41.2 Å². The lowest BCUT2D eigenvalue weighted by Gasteiger charge is -2.12. The van der Waals surface area contributed by atoms with Crippen molar-refractivity contribution in [2.75, 3.05) is 24.3 Å². The molecule has 0 fully saturated rings. The van der Waals surface area contributed by atoms with E-state index in [0.717, 1.165) is 0 Å². The molecule has 2 aromatic heterocycles. The van der Waals surface area contributed by atoms with Crippen LogP contribution >= 0.6 is 0 Å². The summed E-state index contributed by atoms with van der Waals surface area (Å²) in [7, 11) is 0. The van der Waals surface area contributed by atoms with Crippen LogP contribution in [0.25, 0.3) is 5.82 Å². The van der Waals surface area contributed by atoms with Crippen molar-refractivity contribution in [1.82, 2.24) is 25.3 Å². The molecule has 29 heavy (non-hydrogen) atoms. The summed E-state index contributed by atoms with van der Waals surface area (Å²) < 4.78 is 15.9.